The van der Waals surface area contributed by atoms with Gasteiger partial charge in [0.25, 0.3) is 5.91 Å². The van der Waals surface area contributed by atoms with Crippen molar-refractivity contribution in [3.05, 3.63) is 45.1 Å². The molecule has 1 aromatic rings. The number of carboxylic acids is 1. The van der Waals surface area contributed by atoms with Gasteiger partial charge in [-0.3, -0.25) is 14.5 Å². The molecule has 4 rings (SSSR count). The zero-order valence-corrected chi connectivity index (χ0v) is 21.6. The third-order valence-corrected chi connectivity index (χ3v) is 7.92. The summed E-state index contributed by atoms with van der Waals surface area (Å²) in [6.45, 7) is -0.0820. The highest BCUT2D eigenvalue weighted by atomic mass is 35.5. The van der Waals surface area contributed by atoms with Crippen LogP contribution in [0.3, 0.4) is 0 Å². The number of nitrogens with one attached hydrogen (secondary N) is 3. The van der Waals surface area contributed by atoms with Crippen molar-refractivity contribution in [3.8, 4) is 0 Å². The van der Waals surface area contributed by atoms with Crippen LogP contribution in [-0.2, 0) is 19.1 Å². The fourth-order valence-electron chi connectivity index (χ4n) is 4.05. The standard InChI is InChI=1S/C21H20Cl2N6O8S/c22-10-2-1-8(5-11(10)23)12(27-21(36)28-4-3-25-20(28)35)15(30)26-13-16(31)29-14(18(32)33)9(6-37-19(24)34)7-38-17(13)29/h1-2,5,12-13,17H,3-4,6-7H2,(H2,24,34)(H,25,35)(H,26,30)(H,27,36)(H,32,33)/t12?,13?,17-/m0/s1. The number of nitrogens with two attached hydrogens (primary N) is 1. The number of carbonyl (C=O) groups excluding carboxylic acids is 5. The van der Waals surface area contributed by atoms with Crippen molar-refractivity contribution in [1.82, 2.24) is 25.8 Å². The van der Waals surface area contributed by atoms with Gasteiger partial charge >= 0.3 is 24.1 Å². The molecule has 3 aliphatic rings. The number of hydrogen-bond donors (Lipinski definition) is 5. The van der Waals surface area contributed by atoms with Crippen molar-refractivity contribution < 1.29 is 38.6 Å². The second-order valence-electron chi connectivity index (χ2n) is 8.20. The first-order valence-electron chi connectivity index (χ1n) is 10.9. The topological polar surface area (TPSA) is 200 Å². The summed E-state index contributed by atoms with van der Waals surface area (Å²) in [5.41, 5.74) is 4.98. The van der Waals surface area contributed by atoms with E-state index in [0.717, 1.165) is 21.6 Å². The quantitative estimate of drug-likeness (QED) is 0.283. The molecule has 1 aromatic carbocycles. The van der Waals surface area contributed by atoms with Crippen LogP contribution in [0.25, 0.3) is 0 Å². The molecule has 2 fully saturated rings. The number of carbonyl (C=O) groups is 6. The largest absolute Gasteiger partial charge is 0.477 e. The van der Waals surface area contributed by atoms with Crippen molar-refractivity contribution in [2.45, 2.75) is 17.5 Å². The summed E-state index contributed by atoms with van der Waals surface area (Å²) in [6.07, 6.45) is -1.10. The number of ether oxygens (including phenoxy) is 1. The normalized spacial score (nSPS) is 21.2. The molecule has 0 radical (unpaired) electrons. The van der Waals surface area contributed by atoms with Crippen molar-refractivity contribution >= 4 is 70.9 Å². The summed E-state index contributed by atoms with van der Waals surface area (Å²) >= 11 is 13.2. The van der Waals surface area contributed by atoms with E-state index in [1.807, 2.05) is 0 Å². The molecule has 17 heteroatoms. The van der Waals surface area contributed by atoms with Gasteiger partial charge in [-0.25, -0.2) is 24.1 Å². The second-order valence-corrected chi connectivity index (χ2v) is 10.1. The van der Waals surface area contributed by atoms with Crippen LogP contribution in [0.15, 0.2) is 29.5 Å². The summed E-state index contributed by atoms with van der Waals surface area (Å²) in [7, 11) is 0. The van der Waals surface area contributed by atoms with E-state index in [1.54, 1.807) is 0 Å². The lowest BCUT2D eigenvalue weighted by Crippen LogP contribution is -2.71. The van der Waals surface area contributed by atoms with Crippen LogP contribution < -0.4 is 21.7 Å². The predicted octanol–water partition coefficient (Wildman–Crippen LogP) is 0.603. The Morgan fingerprint density at radius 1 is 1.24 bits per heavy atom. The Labute approximate surface area is 228 Å². The number of amides is 7. The van der Waals surface area contributed by atoms with Crippen molar-refractivity contribution in [2.75, 3.05) is 25.4 Å². The van der Waals surface area contributed by atoms with Crippen LogP contribution in [-0.4, -0.2) is 87.7 Å². The molecule has 0 spiro atoms. The van der Waals surface area contributed by atoms with E-state index in [2.05, 4.69) is 20.7 Å². The molecule has 14 nitrogen and oxygen atoms in total. The minimum absolute atomic E-state index is 0.0846. The van der Waals surface area contributed by atoms with Gasteiger partial charge in [0.1, 0.15) is 29.8 Å². The molecule has 3 heterocycles. The van der Waals surface area contributed by atoms with Gasteiger partial charge in [-0.1, -0.05) is 29.3 Å². The minimum Gasteiger partial charge on any atom is -0.477 e. The van der Waals surface area contributed by atoms with E-state index >= 15 is 0 Å². The Bertz CT molecular complexity index is 1280. The number of β-lactam (4-membered cyclic amide) rings is 1. The van der Waals surface area contributed by atoms with Crippen LogP contribution in [0.4, 0.5) is 14.4 Å². The van der Waals surface area contributed by atoms with Crippen LogP contribution in [0, 0.1) is 0 Å². The number of primary amides is 1. The molecule has 0 aromatic heterocycles. The fraction of sp³-hybridized carbons (Fsp3) is 0.333. The lowest BCUT2D eigenvalue weighted by atomic mass is 10.0. The molecule has 3 atom stereocenters. The minimum atomic E-state index is -1.42. The van der Waals surface area contributed by atoms with Crippen LogP contribution in [0.1, 0.15) is 11.6 Å². The SMILES string of the molecule is NC(=O)OCC1=C(C(=O)O)N2C(=O)C(NC(=O)C(NC(=O)N3CCNC3=O)c3ccc(Cl)c(Cl)c3)[C@@H]2SC1. The van der Waals surface area contributed by atoms with Gasteiger partial charge in [0.2, 0.25) is 5.91 Å². The number of fused-ring (bicyclic) bond motifs is 1. The Balaban J connectivity index is 1.54. The molecule has 6 N–H and O–H groups in total. The van der Waals surface area contributed by atoms with Crippen molar-refractivity contribution in [3.63, 3.8) is 0 Å². The Morgan fingerprint density at radius 3 is 2.58 bits per heavy atom. The zero-order chi connectivity index (χ0) is 27.7. The first kappa shape index (κ1) is 27.3. The molecular weight excluding hydrogens is 567 g/mol. The Kier molecular flexibility index (Phi) is 7.89. The molecule has 3 aliphatic heterocycles. The Hall–Kier alpha value is -3.69. The highest BCUT2D eigenvalue weighted by Crippen LogP contribution is 2.40. The van der Waals surface area contributed by atoms with E-state index in [-0.39, 0.29) is 45.7 Å². The van der Waals surface area contributed by atoms with Gasteiger partial charge in [-0.2, -0.15) is 0 Å². The van der Waals surface area contributed by atoms with E-state index in [9.17, 15) is 33.9 Å². The number of hydrogen-bond acceptors (Lipinski definition) is 8. The molecule has 0 aliphatic carbocycles. The average Bonchev–Trinajstić information content (AvgIpc) is 3.31. The molecule has 2 unspecified atom stereocenters. The summed E-state index contributed by atoms with van der Waals surface area (Å²) < 4.78 is 4.69. The van der Waals surface area contributed by atoms with Gasteiger partial charge in [0.05, 0.1) is 10.0 Å². The van der Waals surface area contributed by atoms with E-state index < -0.39 is 60.0 Å². The molecule has 7 amide bonds. The van der Waals surface area contributed by atoms with E-state index in [1.165, 1.54) is 18.2 Å². The van der Waals surface area contributed by atoms with Gasteiger partial charge < -0.3 is 31.5 Å². The fourth-order valence-corrected chi connectivity index (χ4v) is 5.68. The number of rotatable bonds is 7. The third kappa shape index (κ3) is 5.30. The lowest BCUT2D eigenvalue weighted by Gasteiger charge is -2.49. The summed E-state index contributed by atoms with van der Waals surface area (Å²) in [5.74, 6) is -2.85. The first-order chi connectivity index (χ1) is 18.0. The van der Waals surface area contributed by atoms with Crippen LogP contribution in [0.2, 0.25) is 10.0 Å². The number of thioether (sulfide) groups is 1. The molecule has 0 saturated carbocycles. The third-order valence-electron chi connectivity index (χ3n) is 5.85. The van der Waals surface area contributed by atoms with Crippen LogP contribution >= 0.6 is 35.0 Å². The van der Waals surface area contributed by atoms with Crippen LogP contribution in [0.5, 0.6) is 0 Å². The number of nitrogens with zero attached hydrogens (tertiary/aromatic N) is 2. The van der Waals surface area contributed by atoms with Gasteiger partial charge in [-0.15, -0.1) is 11.8 Å². The molecule has 202 valence electrons. The highest BCUT2D eigenvalue weighted by Gasteiger charge is 2.54. The number of urea groups is 2. The second kappa shape index (κ2) is 11.0. The average molecular weight is 587 g/mol. The number of carboxylic acid groups (broad SMARTS) is 1. The number of halogens is 2. The van der Waals surface area contributed by atoms with Gasteiger partial charge in [-0.05, 0) is 17.7 Å². The number of imide groups is 1. The van der Waals surface area contributed by atoms with E-state index in [4.69, 9.17) is 28.9 Å². The number of benzene rings is 1. The smallest absolute Gasteiger partial charge is 0.404 e. The predicted molar refractivity (Wildman–Crippen MR) is 133 cm³/mol. The summed E-state index contributed by atoms with van der Waals surface area (Å²) in [5, 5.41) is 16.7. The maximum absolute atomic E-state index is 13.4. The molecular formula is C21H20Cl2N6O8S. The molecule has 38 heavy (non-hydrogen) atoms. The van der Waals surface area contributed by atoms with Gasteiger partial charge in [0.15, 0.2) is 0 Å². The van der Waals surface area contributed by atoms with Gasteiger partial charge in [0, 0.05) is 24.4 Å². The lowest BCUT2D eigenvalue weighted by molar-refractivity contribution is -0.151. The number of aliphatic carboxylic acids is 1. The highest BCUT2D eigenvalue weighted by molar-refractivity contribution is 8.00. The molecule has 2 saturated heterocycles. The Morgan fingerprint density at radius 2 is 1.97 bits per heavy atom. The van der Waals surface area contributed by atoms with Crippen molar-refractivity contribution in [2.24, 2.45) is 5.73 Å². The maximum Gasteiger partial charge on any atom is 0.404 e. The monoisotopic (exact) mass is 586 g/mol. The van der Waals surface area contributed by atoms with E-state index in [0.29, 0.717) is 0 Å². The molecule has 0 bridgehead atoms. The van der Waals surface area contributed by atoms with Crippen molar-refractivity contribution in [1.29, 1.82) is 0 Å². The zero-order valence-electron chi connectivity index (χ0n) is 19.2. The maximum atomic E-state index is 13.4. The summed E-state index contributed by atoms with van der Waals surface area (Å²) in [4.78, 5) is 75.6. The first-order valence-corrected chi connectivity index (χ1v) is 12.7. The summed E-state index contributed by atoms with van der Waals surface area (Å²) in [6, 6.07) is 0.231.